The Balaban J connectivity index is 1.74. The van der Waals surface area contributed by atoms with Crippen molar-refractivity contribution in [3.63, 3.8) is 0 Å². The highest BCUT2D eigenvalue weighted by Crippen LogP contribution is 2.37. The lowest BCUT2D eigenvalue weighted by atomic mass is 10.1. The monoisotopic (exact) mass is 409 g/mol. The first-order chi connectivity index (χ1) is 13.4. The van der Waals surface area contributed by atoms with E-state index in [1.807, 2.05) is 0 Å². The van der Waals surface area contributed by atoms with E-state index >= 15 is 0 Å². The van der Waals surface area contributed by atoms with E-state index in [1.165, 1.54) is 36.4 Å². The van der Waals surface area contributed by atoms with E-state index in [9.17, 15) is 18.3 Å². The number of benzene rings is 2. The number of hydrogen-bond donors (Lipinski definition) is 2. The van der Waals surface area contributed by atoms with Crippen LogP contribution in [0.2, 0.25) is 0 Å². The average molecular weight is 409 g/mol. The Morgan fingerprint density at radius 2 is 1.86 bits per heavy atom. The number of aliphatic hydroxyl groups excluding tert-OH is 1. The molecule has 9 nitrogen and oxygen atoms in total. The molecule has 0 saturated heterocycles. The van der Waals surface area contributed by atoms with Crippen LogP contribution < -0.4 is 18.9 Å². The summed E-state index contributed by atoms with van der Waals surface area (Å²) in [7, 11) is -3.92. The zero-order chi connectivity index (χ0) is 20.1. The Labute approximate surface area is 161 Å². The molecule has 0 bridgehead atoms. The molecule has 2 N–H and O–H groups in total. The van der Waals surface area contributed by atoms with Crippen LogP contribution >= 0.6 is 0 Å². The van der Waals surface area contributed by atoms with Crippen molar-refractivity contribution in [2.45, 2.75) is 18.4 Å². The number of ether oxygens (including phenoxy) is 4. The third-order valence-corrected chi connectivity index (χ3v) is 5.19. The highest BCUT2D eigenvalue weighted by atomic mass is 32.2. The number of fused-ring (bicyclic) bond motifs is 1. The summed E-state index contributed by atoms with van der Waals surface area (Å²) in [6, 6.07) is 8.53. The molecule has 0 aliphatic carbocycles. The van der Waals surface area contributed by atoms with Crippen LogP contribution in [0.4, 0.5) is 5.69 Å². The number of sulfonamides is 1. The molecule has 1 heterocycles. The molecule has 0 fully saturated rings. The van der Waals surface area contributed by atoms with E-state index in [4.69, 9.17) is 18.9 Å². The van der Waals surface area contributed by atoms with Gasteiger partial charge >= 0.3 is 5.97 Å². The minimum atomic E-state index is -3.92. The van der Waals surface area contributed by atoms with Gasteiger partial charge in [0.25, 0.3) is 10.0 Å². The maximum atomic E-state index is 12.7. The third-order valence-electron chi connectivity index (χ3n) is 3.81. The standard InChI is InChI=1S/C18H19NO8S/c1-2-24-18(21)10-25-13-3-5-14(6-4-13)28(22,23)19-15-8-17-16(26-11-27-17)7-12(15)9-20/h3-8,19-20H,2,9-11H2,1H3. The van der Waals surface area contributed by atoms with E-state index in [0.717, 1.165) is 0 Å². The van der Waals surface area contributed by atoms with E-state index in [2.05, 4.69) is 4.72 Å². The maximum Gasteiger partial charge on any atom is 0.344 e. The average Bonchev–Trinajstić information content (AvgIpc) is 3.13. The molecule has 0 aromatic heterocycles. The van der Waals surface area contributed by atoms with Gasteiger partial charge in [0, 0.05) is 11.6 Å². The first-order valence-electron chi connectivity index (χ1n) is 8.37. The molecule has 1 aliphatic rings. The first kappa shape index (κ1) is 19.8. The molecule has 150 valence electrons. The minimum Gasteiger partial charge on any atom is -0.482 e. The quantitative estimate of drug-likeness (QED) is 0.632. The second-order valence-corrected chi connectivity index (χ2v) is 7.37. The number of carbonyl (C=O) groups is 1. The number of anilines is 1. The van der Waals surface area contributed by atoms with Crippen LogP contribution in [0.1, 0.15) is 12.5 Å². The molecular formula is C18H19NO8S. The molecule has 3 rings (SSSR count). The van der Waals surface area contributed by atoms with Gasteiger partial charge in [-0.1, -0.05) is 0 Å². The molecular weight excluding hydrogens is 390 g/mol. The van der Waals surface area contributed by atoms with Gasteiger partial charge in [-0.25, -0.2) is 13.2 Å². The molecule has 0 unspecified atom stereocenters. The lowest BCUT2D eigenvalue weighted by molar-refractivity contribution is -0.145. The zero-order valence-electron chi connectivity index (χ0n) is 15.0. The number of hydrogen-bond acceptors (Lipinski definition) is 8. The fourth-order valence-electron chi connectivity index (χ4n) is 2.47. The summed E-state index contributed by atoms with van der Waals surface area (Å²) in [5.41, 5.74) is 0.539. The van der Waals surface area contributed by atoms with Crippen LogP contribution in [0.15, 0.2) is 41.3 Å². The van der Waals surface area contributed by atoms with Gasteiger partial charge < -0.3 is 24.1 Å². The molecule has 28 heavy (non-hydrogen) atoms. The predicted octanol–water partition coefficient (Wildman–Crippen LogP) is 1.65. The van der Waals surface area contributed by atoms with Crippen molar-refractivity contribution in [2.75, 3.05) is 24.7 Å². The molecule has 2 aromatic rings. The summed E-state index contributed by atoms with van der Waals surface area (Å²) < 4.78 is 48.2. The Morgan fingerprint density at radius 1 is 1.18 bits per heavy atom. The van der Waals surface area contributed by atoms with Gasteiger partial charge in [-0.05, 0) is 37.3 Å². The Kier molecular flexibility index (Phi) is 5.90. The smallest absolute Gasteiger partial charge is 0.344 e. The second kappa shape index (κ2) is 8.36. The van der Waals surface area contributed by atoms with Gasteiger partial charge in [-0.15, -0.1) is 0 Å². The molecule has 0 spiro atoms. The highest BCUT2D eigenvalue weighted by molar-refractivity contribution is 7.92. The van der Waals surface area contributed by atoms with E-state index in [-0.39, 0.29) is 37.2 Å². The van der Waals surface area contributed by atoms with E-state index < -0.39 is 16.0 Å². The lowest BCUT2D eigenvalue weighted by Crippen LogP contribution is -2.15. The van der Waals surface area contributed by atoms with Crippen molar-refractivity contribution in [1.29, 1.82) is 0 Å². The molecule has 10 heteroatoms. The largest absolute Gasteiger partial charge is 0.482 e. The second-order valence-electron chi connectivity index (χ2n) is 5.69. The van der Waals surface area contributed by atoms with E-state index in [1.54, 1.807) is 6.92 Å². The maximum absolute atomic E-state index is 12.7. The van der Waals surface area contributed by atoms with Crippen LogP contribution in [0.5, 0.6) is 17.2 Å². The van der Waals surface area contributed by atoms with Gasteiger partial charge in [0.05, 0.1) is 23.8 Å². The normalized spacial score (nSPS) is 12.5. The fraction of sp³-hybridized carbons (Fsp3) is 0.278. The number of nitrogens with one attached hydrogen (secondary N) is 1. The topological polar surface area (TPSA) is 120 Å². The molecule has 0 atom stereocenters. The summed E-state index contributed by atoms with van der Waals surface area (Å²) in [4.78, 5) is 11.3. The van der Waals surface area contributed by atoms with Crippen LogP contribution in [0.3, 0.4) is 0 Å². The van der Waals surface area contributed by atoms with Gasteiger partial charge in [0.15, 0.2) is 18.1 Å². The van der Waals surface area contributed by atoms with Crippen molar-refractivity contribution >= 4 is 21.7 Å². The molecule has 0 saturated carbocycles. The van der Waals surface area contributed by atoms with E-state index in [0.29, 0.717) is 22.8 Å². The Morgan fingerprint density at radius 3 is 2.50 bits per heavy atom. The van der Waals surface area contributed by atoms with Crippen molar-refractivity contribution in [3.05, 3.63) is 42.0 Å². The van der Waals surface area contributed by atoms with Gasteiger partial charge in [-0.3, -0.25) is 4.72 Å². The molecule has 2 aromatic carbocycles. The van der Waals surface area contributed by atoms with Crippen LogP contribution in [0, 0.1) is 0 Å². The molecule has 0 amide bonds. The predicted molar refractivity (Wildman–Crippen MR) is 97.9 cm³/mol. The summed E-state index contributed by atoms with van der Waals surface area (Å²) >= 11 is 0. The summed E-state index contributed by atoms with van der Waals surface area (Å²) in [5.74, 6) is 0.638. The van der Waals surface area contributed by atoms with Gasteiger partial charge in [-0.2, -0.15) is 0 Å². The van der Waals surface area contributed by atoms with Crippen molar-refractivity contribution in [2.24, 2.45) is 0 Å². The van der Waals surface area contributed by atoms with Gasteiger partial charge in [0.1, 0.15) is 5.75 Å². The number of rotatable bonds is 8. The Hall–Kier alpha value is -2.98. The molecule has 1 aliphatic heterocycles. The summed E-state index contributed by atoms with van der Waals surface area (Å²) in [5, 5.41) is 9.51. The number of aliphatic hydroxyl groups is 1. The van der Waals surface area contributed by atoms with Crippen molar-refractivity contribution in [3.8, 4) is 17.2 Å². The van der Waals surface area contributed by atoms with Crippen LogP contribution in [-0.2, 0) is 26.2 Å². The van der Waals surface area contributed by atoms with Crippen LogP contribution in [0.25, 0.3) is 0 Å². The summed E-state index contributed by atoms with van der Waals surface area (Å²) in [6.45, 7) is 1.32. The lowest BCUT2D eigenvalue weighted by Gasteiger charge is -2.13. The minimum absolute atomic E-state index is 0.0162. The fourth-order valence-corrected chi connectivity index (χ4v) is 3.57. The summed E-state index contributed by atoms with van der Waals surface area (Å²) in [6.07, 6.45) is 0. The van der Waals surface area contributed by atoms with Crippen molar-refractivity contribution in [1.82, 2.24) is 0 Å². The van der Waals surface area contributed by atoms with Crippen LogP contribution in [-0.4, -0.2) is 39.5 Å². The first-order valence-corrected chi connectivity index (χ1v) is 9.86. The van der Waals surface area contributed by atoms with Gasteiger partial charge in [0.2, 0.25) is 6.79 Å². The molecule has 0 radical (unpaired) electrons. The highest BCUT2D eigenvalue weighted by Gasteiger charge is 2.21. The number of esters is 1. The van der Waals surface area contributed by atoms with Crippen molar-refractivity contribution < 1.29 is 37.3 Å². The zero-order valence-corrected chi connectivity index (χ0v) is 15.8. The Bertz CT molecular complexity index is 956. The SMILES string of the molecule is CCOC(=O)COc1ccc(S(=O)(=O)Nc2cc3c(cc2CO)OCO3)cc1. The number of carbonyl (C=O) groups excluding carboxylic acids is 1. The third kappa shape index (κ3) is 4.46.